The number of hydrogen-bond acceptors (Lipinski definition) is 1. The summed E-state index contributed by atoms with van der Waals surface area (Å²) in [5.41, 5.74) is 1.68. The van der Waals surface area contributed by atoms with Gasteiger partial charge in [0.15, 0.2) is 0 Å². The van der Waals surface area contributed by atoms with Crippen LogP contribution in [0.15, 0.2) is 11.6 Å². The quantitative estimate of drug-likeness (QED) is 0.548. The fourth-order valence-corrected chi connectivity index (χ4v) is 2.71. The second-order valence-corrected chi connectivity index (χ2v) is 4.45. The molecule has 2 aliphatic rings. The number of rotatable bonds is 0. The number of aliphatic hydroxyl groups is 1. The zero-order chi connectivity index (χ0) is 8.60. The molecule has 0 amide bonds. The van der Waals surface area contributed by atoms with Crippen LogP contribution in [0.5, 0.6) is 0 Å². The smallest absolute Gasteiger partial charge is 0.0631 e. The van der Waals surface area contributed by atoms with Crippen LogP contribution in [0.1, 0.15) is 45.4 Å². The predicted octanol–water partition coefficient (Wildman–Crippen LogP) is 2.65. The Bertz CT molecular complexity index is 207. The molecule has 0 bridgehead atoms. The van der Waals surface area contributed by atoms with E-state index >= 15 is 0 Å². The summed E-state index contributed by atoms with van der Waals surface area (Å²) in [5.74, 6) is 0. The highest BCUT2D eigenvalue weighted by molar-refractivity contribution is 5.20. The van der Waals surface area contributed by atoms with E-state index in [1.807, 2.05) is 0 Å². The summed E-state index contributed by atoms with van der Waals surface area (Å²) >= 11 is 0. The molecule has 68 valence electrons. The van der Waals surface area contributed by atoms with Gasteiger partial charge >= 0.3 is 0 Å². The van der Waals surface area contributed by atoms with Crippen molar-refractivity contribution in [2.24, 2.45) is 5.41 Å². The summed E-state index contributed by atoms with van der Waals surface area (Å²) in [6, 6.07) is 0. The average molecular weight is 166 g/mol. The van der Waals surface area contributed by atoms with Gasteiger partial charge in [0.2, 0.25) is 0 Å². The van der Waals surface area contributed by atoms with Crippen LogP contribution >= 0.6 is 0 Å². The van der Waals surface area contributed by atoms with Crippen LogP contribution in [-0.4, -0.2) is 11.2 Å². The Hall–Kier alpha value is -0.300. The van der Waals surface area contributed by atoms with Crippen molar-refractivity contribution in [3.8, 4) is 0 Å². The maximum atomic E-state index is 9.92. The van der Waals surface area contributed by atoms with Gasteiger partial charge in [0, 0.05) is 5.41 Å². The Morgan fingerprint density at radius 2 is 2.33 bits per heavy atom. The molecule has 2 atom stereocenters. The lowest BCUT2D eigenvalue weighted by molar-refractivity contribution is 0.0261. The fourth-order valence-electron chi connectivity index (χ4n) is 2.71. The highest BCUT2D eigenvalue weighted by Gasteiger charge is 2.39. The lowest BCUT2D eigenvalue weighted by Gasteiger charge is -2.43. The zero-order valence-electron chi connectivity index (χ0n) is 7.84. The van der Waals surface area contributed by atoms with E-state index in [1.165, 1.54) is 37.7 Å². The Kier molecular flexibility index (Phi) is 1.99. The first-order chi connectivity index (χ1) is 5.73. The van der Waals surface area contributed by atoms with Crippen LogP contribution in [-0.2, 0) is 0 Å². The summed E-state index contributed by atoms with van der Waals surface area (Å²) in [5, 5.41) is 9.92. The second-order valence-electron chi connectivity index (χ2n) is 4.45. The highest BCUT2D eigenvalue weighted by atomic mass is 16.3. The average Bonchev–Trinajstić information content (AvgIpc) is 2.07. The Balaban J connectivity index is 2.28. The van der Waals surface area contributed by atoms with Crippen molar-refractivity contribution in [3.63, 3.8) is 0 Å². The molecule has 0 radical (unpaired) electrons. The van der Waals surface area contributed by atoms with Gasteiger partial charge in [0.25, 0.3) is 0 Å². The molecule has 1 nitrogen and oxygen atoms in total. The first kappa shape index (κ1) is 8.31. The number of hydrogen-bond donors (Lipinski definition) is 1. The molecule has 12 heavy (non-hydrogen) atoms. The molecular formula is C11H18O. The van der Waals surface area contributed by atoms with Gasteiger partial charge in [-0.15, -0.1) is 0 Å². The van der Waals surface area contributed by atoms with E-state index in [0.717, 1.165) is 6.42 Å². The summed E-state index contributed by atoms with van der Waals surface area (Å²) in [4.78, 5) is 0. The molecule has 0 unspecified atom stereocenters. The number of allylic oxidation sites excluding steroid dienone is 1. The van der Waals surface area contributed by atoms with Crippen molar-refractivity contribution in [1.29, 1.82) is 0 Å². The molecular weight excluding hydrogens is 148 g/mol. The monoisotopic (exact) mass is 166 g/mol. The standard InChI is InChI=1S/C11H18O/c1-11-8-3-2-5-9(11)6-4-7-10(11)12/h5,10,12H,2-4,6-8H2,1H3/t10-,11-/m1/s1. The molecule has 0 saturated heterocycles. The third kappa shape index (κ3) is 1.11. The van der Waals surface area contributed by atoms with Crippen LogP contribution in [0.25, 0.3) is 0 Å². The van der Waals surface area contributed by atoms with E-state index in [4.69, 9.17) is 0 Å². The lowest BCUT2D eigenvalue weighted by atomic mass is 9.64. The lowest BCUT2D eigenvalue weighted by Crippen LogP contribution is -2.38. The van der Waals surface area contributed by atoms with Crippen LogP contribution in [0.2, 0.25) is 0 Å². The van der Waals surface area contributed by atoms with Crippen molar-refractivity contribution in [2.45, 2.75) is 51.6 Å². The minimum absolute atomic E-state index is 0.0715. The minimum Gasteiger partial charge on any atom is -0.392 e. The Morgan fingerprint density at radius 3 is 3.08 bits per heavy atom. The molecule has 2 aliphatic carbocycles. The van der Waals surface area contributed by atoms with E-state index in [0.29, 0.717) is 0 Å². The van der Waals surface area contributed by atoms with Gasteiger partial charge in [-0.3, -0.25) is 0 Å². The van der Waals surface area contributed by atoms with Gasteiger partial charge in [-0.25, -0.2) is 0 Å². The molecule has 0 spiro atoms. The number of fused-ring (bicyclic) bond motifs is 1. The van der Waals surface area contributed by atoms with Crippen LogP contribution in [0, 0.1) is 5.41 Å². The normalized spacial score (nSPS) is 41.8. The van der Waals surface area contributed by atoms with Gasteiger partial charge in [-0.05, 0) is 38.5 Å². The maximum absolute atomic E-state index is 9.92. The zero-order valence-corrected chi connectivity index (χ0v) is 7.84. The molecule has 0 aromatic heterocycles. The van der Waals surface area contributed by atoms with Crippen LogP contribution < -0.4 is 0 Å². The molecule has 1 heteroatoms. The van der Waals surface area contributed by atoms with Gasteiger partial charge in [-0.1, -0.05) is 18.6 Å². The Morgan fingerprint density at radius 1 is 1.50 bits per heavy atom. The number of aliphatic hydroxyl groups excluding tert-OH is 1. The van der Waals surface area contributed by atoms with Crippen LogP contribution in [0.3, 0.4) is 0 Å². The molecule has 1 N–H and O–H groups in total. The molecule has 0 aromatic carbocycles. The topological polar surface area (TPSA) is 20.2 Å². The highest BCUT2D eigenvalue weighted by Crippen LogP contribution is 2.46. The molecule has 0 heterocycles. The van der Waals surface area contributed by atoms with E-state index < -0.39 is 0 Å². The summed E-state index contributed by atoms with van der Waals surface area (Å²) in [7, 11) is 0. The van der Waals surface area contributed by atoms with Crippen molar-refractivity contribution >= 4 is 0 Å². The Labute approximate surface area is 74.5 Å². The van der Waals surface area contributed by atoms with Crippen molar-refractivity contribution < 1.29 is 5.11 Å². The van der Waals surface area contributed by atoms with Gasteiger partial charge in [0.05, 0.1) is 6.10 Å². The first-order valence-electron chi connectivity index (χ1n) is 5.11. The second kappa shape index (κ2) is 2.88. The van der Waals surface area contributed by atoms with Gasteiger partial charge < -0.3 is 5.11 Å². The van der Waals surface area contributed by atoms with Crippen LogP contribution in [0.4, 0.5) is 0 Å². The van der Waals surface area contributed by atoms with E-state index in [1.54, 1.807) is 0 Å². The molecule has 1 fully saturated rings. The third-order valence-electron chi connectivity index (χ3n) is 3.68. The minimum atomic E-state index is -0.0715. The first-order valence-corrected chi connectivity index (χ1v) is 5.11. The van der Waals surface area contributed by atoms with E-state index in [2.05, 4.69) is 13.0 Å². The van der Waals surface area contributed by atoms with E-state index in [-0.39, 0.29) is 11.5 Å². The van der Waals surface area contributed by atoms with Gasteiger partial charge in [0.1, 0.15) is 0 Å². The fraction of sp³-hybridized carbons (Fsp3) is 0.818. The molecule has 0 aromatic rings. The summed E-state index contributed by atoms with van der Waals surface area (Å²) in [6.07, 6.45) is 9.41. The maximum Gasteiger partial charge on any atom is 0.0631 e. The van der Waals surface area contributed by atoms with Crippen molar-refractivity contribution in [3.05, 3.63) is 11.6 Å². The summed E-state index contributed by atoms with van der Waals surface area (Å²) < 4.78 is 0. The third-order valence-corrected chi connectivity index (χ3v) is 3.68. The van der Waals surface area contributed by atoms with E-state index in [9.17, 15) is 5.11 Å². The van der Waals surface area contributed by atoms with Crippen molar-refractivity contribution in [2.75, 3.05) is 0 Å². The largest absolute Gasteiger partial charge is 0.392 e. The molecule has 1 saturated carbocycles. The summed E-state index contributed by atoms with van der Waals surface area (Å²) in [6.45, 7) is 2.24. The van der Waals surface area contributed by atoms with Gasteiger partial charge in [-0.2, -0.15) is 0 Å². The van der Waals surface area contributed by atoms with Crippen molar-refractivity contribution in [1.82, 2.24) is 0 Å². The molecule has 2 rings (SSSR count). The SMILES string of the molecule is C[C@@]12CCCC=C1CCC[C@H]2O. The molecule has 0 aliphatic heterocycles. The predicted molar refractivity (Wildman–Crippen MR) is 49.9 cm³/mol.